The molecule has 0 radical (unpaired) electrons. The summed E-state index contributed by atoms with van der Waals surface area (Å²) in [5.41, 5.74) is 6.61. The van der Waals surface area contributed by atoms with Crippen molar-refractivity contribution >= 4 is 12.0 Å². The molecule has 1 aliphatic rings. The van der Waals surface area contributed by atoms with Crippen LogP contribution in [0.5, 0.6) is 0 Å². The quantitative estimate of drug-likeness (QED) is 0.914. The van der Waals surface area contributed by atoms with E-state index < -0.39 is 6.04 Å². The van der Waals surface area contributed by atoms with Gasteiger partial charge in [0.05, 0.1) is 6.04 Å². The zero-order chi connectivity index (χ0) is 16.8. The third kappa shape index (κ3) is 4.69. The van der Waals surface area contributed by atoms with Gasteiger partial charge in [-0.2, -0.15) is 0 Å². The van der Waals surface area contributed by atoms with Crippen LogP contribution in [0.15, 0.2) is 30.3 Å². The van der Waals surface area contributed by atoms with Crippen LogP contribution in [0.1, 0.15) is 25.3 Å². The summed E-state index contributed by atoms with van der Waals surface area (Å²) in [4.78, 5) is 27.4. The highest BCUT2D eigenvalue weighted by atomic mass is 16.6. The first-order valence-corrected chi connectivity index (χ1v) is 7.97. The van der Waals surface area contributed by atoms with E-state index in [9.17, 15) is 9.59 Å². The number of carbonyl (C=O) groups excluding carboxylic acids is 2. The van der Waals surface area contributed by atoms with E-state index in [1.807, 2.05) is 30.3 Å². The lowest BCUT2D eigenvalue weighted by molar-refractivity contribution is -0.133. The summed E-state index contributed by atoms with van der Waals surface area (Å²) in [5.74, 6) is -0.0601. The van der Waals surface area contributed by atoms with Crippen LogP contribution in [0.25, 0.3) is 0 Å². The van der Waals surface area contributed by atoms with Gasteiger partial charge in [-0.3, -0.25) is 4.79 Å². The second-order valence-corrected chi connectivity index (χ2v) is 6.00. The Morgan fingerprint density at radius 3 is 2.48 bits per heavy atom. The summed E-state index contributed by atoms with van der Waals surface area (Å²) in [6.45, 7) is 3.15. The lowest BCUT2D eigenvalue weighted by Crippen LogP contribution is -2.50. The first kappa shape index (κ1) is 17.3. The maximum atomic E-state index is 12.1. The zero-order valence-corrected chi connectivity index (χ0v) is 13.8. The Kier molecular flexibility index (Phi) is 5.98. The van der Waals surface area contributed by atoms with Crippen molar-refractivity contribution in [1.29, 1.82) is 0 Å². The van der Waals surface area contributed by atoms with E-state index in [0.717, 1.165) is 18.4 Å². The smallest absolute Gasteiger partial charge is 0.410 e. The van der Waals surface area contributed by atoms with Crippen LogP contribution >= 0.6 is 0 Å². The number of benzene rings is 1. The lowest BCUT2D eigenvalue weighted by atomic mass is 10.0. The van der Waals surface area contributed by atoms with Crippen LogP contribution in [0, 0.1) is 0 Å². The van der Waals surface area contributed by atoms with Crippen molar-refractivity contribution < 1.29 is 14.3 Å². The molecule has 1 aromatic rings. The average molecular weight is 319 g/mol. The third-order valence-electron chi connectivity index (χ3n) is 4.21. The molecule has 6 nitrogen and oxygen atoms in total. The Bertz CT molecular complexity index is 525. The molecule has 1 fully saturated rings. The fourth-order valence-electron chi connectivity index (χ4n) is 2.75. The molecular formula is C17H25N3O3. The molecule has 23 heavy (non-hydrogen) atoms. The molecule has 0 aliphatic carbocycles. The molecule has 0 aromatic heterocycles. The SMILES string of the molecule is C[C@H](N)C(=O)N(C)C1CCN(C(=O)OCc2ccccc2)CC1. The largest absolute Gasteiger partial charge is 0.445 e. The molecule has 1 aliphatic heterocycles. The first-order valence-electron chi connectivity index (χ1n) is 7.97. The number of hydrogen-bond donors (Lipinski definition) is 1. The number of nitrogens with zero attached hydrogens (tertiary/aromatic N) is 2. The van der Waals surface area contributed by atoms with Crippen molar-refractivity contribution in [2.75, 3.05) is 20.1 Å². The van der Waals surface area contributed by atoms with Crippen LogP contribution < -0.4 is 5.73 Å². The molecule has 126 valence electrons. The van der Waals surface area contributed by atoms with Crippen LogP contribution in [0.3, 0.4) is 0 Å². The van der Waals surface area contributed by atoms with Gasteiger partial charge in [0.2, 0.25) is 5.91 Å². The van der Waals surface area contributed by atoms with Gasteiger partial charge in [0.25, 0.3) is 0 Å². The molecule has 1 saturated heterocycles. The molecule has 1 aromatic carbocycles. The Morgan fingerprint density at radius 1 is 1.30 bits per heavy atom. The van der Waals surface area contributed by atoms with E-state index in [-0.39, 0.29) is 24.6 Å². The van der Waals surface area contributed by atoms with Crippen molar-refractivity contribution in [3.8, 4) is 0 Å². The summed E-state index contributed by atoms with van der Waals surface area (Å²) >= 11 is 0. The molecule has 2 N–H and O–H groups in total. The second kappa shape index (κ2) is 7.97. The summed E-state index contributed by atoms with van der Waals surface area (Å²) in [6, 6.07) is 9.25. The summed E-state index contributed by atoms with van der Waals surface area (Å²) in [5, 5.41) is 0. The Labute approximate surface area is 137 Å². The van der Waals surface area contributed by atoms with Gasteiger partial charge in [-0.05, 0) is 25.3 Å². The van der Waals surface area contributed by atoms with Gasteiger partial charge >= 0.3 is 6.09 Å². The number of likely N-dealkylation sites (N-methyl/N-ethyl adjacent to an activating group) is 1. The normalized spacial score (nSPS) is 16.7. The highest BCUT2D eigenvalue weighted by Crippen LogP contribution is 2.17. The van der Waals surface area contributed by atoms with Gasteiger partial charge < -0.3 is 20.3 Å². The maximum Gasteiger partial charge on any atom is 0.410 e. The van der Waals surface area contributed by atoms with E-state index in [1.165, 1.54) is 0 Å². The van der Waals surface area contributed by atoms with Crippen LogP contribution in [-0.4, -0.2) is 54.0 Å². The van der Waals surface area contributed by atoms with Crippen LogP contribution in [0.4, 0.5) is 4.79 Å². The van der Waals surface area contributed by atoms with Gasteiger partial charge in [0, 0.05) is 26.2 Å². The minimum atomic E-state index is -0.492. The highest BCUT2D eigenvalue weighted by molar-refractivity contribution is 5.81. The minimum absolute atomic E-state index is 0.0601. The van der Waals surface area contributed by atoms with Gasteiger partial charge in [0.15, 0.2) is 0 Å². The van der Waals surface area contributed by atoms with E-state index >= 15 is 0 Å². The number of likely N-dealkylation sites (tertiary alicyclic amines) is 1. The predicted molar refractivity (Wildman–Crippen MR) is 87.6 cm³/mol. The number of rotatable bonds is 4. The van der Waals surface area contributed by atoms with Crippen LogP contribution in [-0.2, 0) is 16.1 Å². The minimum Gasteiger partial charge on any atom is -0.445 e. The Morgan fingerprint density at radius 2 is 1.91 bits per heavy atom. The summed E-state index contributed by atoms with van der Waals surface area (Å²) in [6.07, 6.45) is 1.19. The summed E-state index contributed by atoms with van der Waals surface area (Å²) in [7, 11) is 1.78. The number of amides is 2. The topological polar surface area (TPSA) is 75.9 Å². The molecule has 2 rings (SSSR count). The van der Waals surface area contributed by atoms with E-state index in [1.54, 1.807) is 23.8 Å². The van der Waals surface area contributed by atoms with E-state index in [0.29, 0.717) is 13.1 Å². The number of piperidine rings is 1. The number of carbonyl (C=O) groups is 2. The molecule has 0 unspecified atom stereocenters. The summed E-state index contributed by atoms with van der Waals surface area (Å²) < 4.78 is 5.34. The van der Waals surface area contributed by atoms with Crippen LogP contribution in [0.2, 0.25) is 0 Å². The fraction of sp³-hybridized carbons (Fsp3) is 0.529. The third-order valence-corrected chi connectivity index (χ3v) is 4.21. The van der Waals surface area contributed by atoms with Gasteiger partial charge in [0.1, 0.15) is 6.61 Å². The molecule has 0 spiro atoms. The van der Waals surface area contributed by atoms with Crippen molar-refractivity contribution in [3.63, 3.8) is 0 Å². The molecule has 6 heteroatoms. The highest BCUT2D eigenvalue weighted by Gasteiger charge is 2.29. The molecule has 1 atom stereocenters. The molecule has 0 bridgehead atoms. The number of hydrogen-bond acceptors (Lipinski definition) is 4. The zero-order valence-electron chi connectivity index (χ0n) is 13.8. The Hall–Kier alpha value is -2.08. The van der Waals surface area contributed by atoms with Crippen molar-refractivity contribution in [3.05, 3.63) is 35.9 Å². The molecular weight excluding hydrogens is 294 g/mol. The second-order valence-electron chi connectivity index (χ2n) is 6.00. The lowest BCUT2D eigenvalue weighted by Gasteiger charge is -2.36. The van der Waals surface area contributed by atoms with Gasteiger partial charge in [-0.1, -0.05) is 30.3 Å². The van der Waals surface area contributed by atoms with E-state index in [2.05, 4.69) is 0 Å². The van der Waals surface area contributed by atoms with Crippen molar-refractivity contribution in [1.82, 2.24) is 9.80 Å². The fourth-order valence-corrected chi connectivity index (χ4v) is 2.75. The maximum absolute atomic E-state index is 12.1. The first-order chi connectivity index (χ1) is 11.0. The van der Waals surface area contributed by atoms with Crippen molar-refractivity contribution in [2.45, 2.75) is 38.5 Å². The molecule has 0 saturated carbocycles. The number of nitrogens with two attached hydrogens (primary N) is 1. The van der Waals surface area contributed by atoms with E-state index in [4.69, 9.17) is 10.5 Å². The number of ether oxygens (including phenoxy) is 1. The van der Waals surface area contributed by atoms with Gasteiger partial charge in [-0.15, -0.1) is 0 Å². The Balaban J connectivity index is 1.77. The standard InChI is InChI=1S/C17H25N3O3/c1-13(18)16(21)19(2)15-8-10-20(11-9-15)17(22)23-12-14-6-4-3-5-7-14/h3-7,13,15H,8-12,18H2,1-2H3/t13-/m0/s1. The van der Waals surface area contributed by atoms with Gasteiger partial charge in [-0.25, -0.2) is 4.79 Å². The molecule has 2 amide bonds. The predicted octanol–water partition coefficient (Wildman–Crippen LogP) is 1.59. The average Bonchev–Trinajstić information content (AvgIpc) is 2.59. The monoisotopic (exact) mass is 319 g/mol. The van der Waals surface area contributed by atoms with Crippen molar-refractivity contribution in [2.24, 2.45) is 5.73 Å². The molecule has 1 heterocycles.